The van der Waals surface area contributed by atoms with Gasteiger partial charge in [-0.2, -0.15) is 0 Å². The van der Waals surface area contributed by atoms with Crippen molar-refractivity contribution in [2.45, 2.75) is 201 Å². The third kappa shape index (κ3) is 14.6. The lowest BCUT2D eigenvalue weighted by Gasteiger charge is -2.51. The highest BCUT2D eigenvalue weighted by atomic mass is 16.2. The first-order chi connectivity index (χ1) is 19.2. The fourth-order valence-corrected chi connectivity index (χ4v) is 8.91. The molecule has 0 saturated heterocycles. The molecule has 2 saturated carbocycles. The van der Waals surface area contributed by atoms with Crippen LogP contribution in [0.4, 0.5) is 0 Å². The van der Waals surface area contributed by atoms with Crippen molar-refractivity contribution in [3.05, 3.63) is 0 Å². The van der Waals surface area contributed by atoms with Crippen LogP contribution in [0.2, 0.25) is 0 Å². The first kappa shape index (κ1) is 35.2. The molecule has 0 radical (unpaired) electrons. The van der Waals surface area contributed by atoms with E-state index in [0.717, 1.165) is 41.9 Å². The average Bonchev–Trinajstić information content (AvgIpc) is 2.95. The maximum Gasteiger partial charge on any atom is 0.0431 e. The fraction of sp³-hybridized carbons (Fsp3) is 1.00. The van der Waals surface area contributed by atoms with Crippen molar-refractivity contribution in [1.29, 1.82) is 0 Å². The van der Waals surface area contributed by atoms with Gasteiger partial charge in [0.2, 0.25) is 0 Å². The predicted octanol–water partition coefficient (Wildman–Crippen LogP) is 12.7. The van der Waals surface area contributed by atoms with Crippen LogP contribution in [0, 0.1) is 35.5 Å². The van der Waals surface area contributed by atoms with Crippen LogP contribution in [0.3, 0.4) is 0 Å². The fourth-order valence-electron chi connectivity index (χ4n) is 8.91. The average molecular weight is 547 g/mol. The molecule has 0 aromatic heterocycles. The van der Waals surface area contributed by atoms with E-state index in [0.29, 0.717) is 6.61 Å². The van der Waals surface area contributed by atoms with Gasteiger partial charge in [0.05, 0.1) is 0 Å². The van der Waals surface area contributed by atoms with E-state index in [1.54, 1.807) is 44.9 Å². The molecule has 0 spiro atoms. The van der Waals surface area contributed by atoms with Gasteiger partial charge in [-0.1, -0.05) is 162 Å². The van der Waals surface area contributed by atoms with Crippen molar-refractivity contribution in [2.24, 2.45) is 35.5 Å². The molecular formula is C38H74O. The highest BCUT2D eigenvalue weighted by molar-refractivity contribution is 4.94. The SMILES string of the molecule is CCCCCCCCC1C(CCCCCCCCO)CCC2CC(CCCCCC)C(CCCCCC)CC21. The second-order valence-electron chi connectivity index (χ2n) is 14.3. The quantitative estimate of drug-likeness (QED) is 0.113. The van der Waals surface area contributed by atoms with Gasteiger partial charge in [-0.25, -0.2) is 0 Å². The van der Waals surface area contributed by atoms with E-state index in [9.17, 15) is 0 Å². The smallest absolute Gasteiger partial charge is 0.0431 e. The molecule has 1 heteroatoms. The summed E-state index contributed by atoms with van der Waals surface area (Å²) in [5.74, 6) is 6.29. The Balaban J connectivity index is 1.98. The van der Waals surface area contributed by atoms with Crippen LogP contribution >= 0.6 is 0 Å². The molecule has 2 aliphatic carbocycles. The van der Waals surface area contributed by atoms with E-state index in [1.165, 1.54) is 128 Å². The number of aliphatic hydroxyl groups excluding tert-OH is 1. The molecule has 232 valence electrons. The molecule has 0 aliphatic heterocycles. The molecule has 1 nitrogen and oxygen atoms in total. The van der Waals surface area contributed by atoms with Crippen LogP contribution in [0.1, 0.15) is 201 Å². The first-order valence-corrected chi connectivity index (χ1v) is 18.9. The lowest BCUT2D eigenvalue weighted by Crippen LogP contribution is -2.42. The molecule has 6 atom stereocenters. The van der Waals surface area contributed by atoms with Gasteiger partial charge >= 0.3 is 0 Å². The molecule has 6 unspecified atom stereocenters. The number of fused-ring (bicyclic) bond motifs is 1. The number of unbranched alkanes of at least 4 members (excludes halogenated alkanes) is 16. The van der Waals surface area contributed by atoms with Gasteiger partial charge in [0.1, 0.15) is 0 Å². The Morgan fingerprint density at radius 1 is 0.436 bits per heavy atom. The van der Waals surface area contributed by atoms with Crippen molar-refractivity contribution < 1.29 is 5.11 Å². The molecular weight excluding hydrogens is 472 g/mol. The Bertz CT molecular complexity index is 529. The molecule has 2 rings (SSSR count). The van der Waals surface area contributed by atoms with Crippen LogP contribution in [-0.2, 0) is 0 Å². The van der Waals surface area contributed by atoms with Crippen molar-refractivity contribution in [1.82, 2.24) is 0 Å². The Morgan fingerprint density at radius 2 is 0.872 bits per heavy atom. The molecule has 0 heterocycles. The van der Waals surface area contributed by atoms with Gasteiger partial charge in [-0.05, 0) is 74.0 Å². The normalized spacial score (nSPS) is 27.1. The summed E-state index contributed by atoms with van der Waals surface area (Å²) in [6.45, 7) is 7.45. The summed E-state index contributed by atoms with van der Waals surface area (Å²) in [5, 5.41) is 9.07. The van der Waals surface area contributed by atoms with Crippen molar-refractivity contribution in [3.8, 4) is 0 Å². The van der Waals surface area contributed by atoms with E-state index in [-0.39, 0.29) is 0 Å². The number of rotatable bonds is 25. The standard InChI is InChI=1S/C38H74O/c1-4-7-10-13-17-22-27-37-33(24-21-16-14-15-18-23-30-39)28-29-36-31-34(25-19-11-8-5-2)35(32-38(36)37)26-20-12-9-6-3/h33-39H,4-32H2,1-3H3. The van der Waals surface area contributed by atoms with Gasteiger partial charge < -0.3 is 5.11 Å². The third-order valence-corrected chi connectivity index (χ3v) is 11.2. The zero-order valence-electron chi connectivity index (χ0n) is 27.4. The maximum atomic E-state index is 9.07. The van der Waals surface area contributed by atoms with Crippen molar-refractivity contribution in [2.75, 3.05) is 6.61 Å². The van der Waals surface area contributed by atoms with Gasteiger partial charge in [0.15, 0.2) is 0 Å². The van der Waals surface area contributed by atoms with E-state index in [4.69, 9.17) is 5.11 Å². The first-order valence-electron chi connectivity index (χ1n) is 18.9. The summed E-state index contributed by atoms with van der Waals surface area (Å²) in [7, 11) is 0. The van der Waals surface area contributed by atoms with Crippen molar-refractivity contribution in [3.63, 3.8) is 0 Å². The second kappa shape index (κ2) is 23.5. The Morgan fingerprint density at radius 3 is 1.44 bits per heavy atom. The minimum atomic E-state index is 0.379. The minimum absolute atomic E-state index is 0.379. The van der Waals surface area contributed by atoms with E-state index < -0.39 is 0 Å². The summed E-state index contributed by atoms with van der Waals surface area (Å²) in [5.41, 5.74) is 0. The Kier molecular flexibility index (Phi) is 21.2. The Hall–Kier alpha value is -0.0400. The van der Waals surface area contributed by atoms with E-state index >= 15 is 0 Å². The summed E-state index contributed by atoms with van der Waals surface area (Å²) >= 11 is 0. The number of hydrogen-bond donors (Lipinski definition) is 1. The van der Waals surface area contributed by atoms with E-state index in [1.807, 2.05) is 0 Å². The zero-order valence-corrected chi connectivity index (χ0v) is 27.4. The lowest BCUT2D eigenvalue weighted by atomic mass is 9.54. The summed E-state index contributed by atoms with van der Waals surface area (Å²) < 4.78 is 0. The largest absolute Gasteiger partial charge is 0.396 e. The van der Waals surface area contributed by atoms with E-state index in [2.05, 4.69) is 20.8 Å². The van der Waals surface area contributed by atoms with Gasteiger partial charge in [0, 0.05) is 6.61 Å². The molecule has 2 aliphatic rings. The molecule has 2 fully saturated rings. The Labute approximate surface area is 247 Å². The molecule has 0 aromatic rings. The molecule has 0 aromatic carbocycles. The summed E-state index contributed by atoms with van der Waals surface area (Å²) in [6.07, 6.45) is 40.7. The predicted molar refractivity (Wildman–Crippen MR) is 174 cm³/mol. The van der Waals surface area contributed by atoms with Crippen LogP contribution in [0.25, 0.3) is 0 Å². The summed E-state index contributed by atoms with van der Waals surface area (Å²) in [4.78, 5) is 0. The second-order valence-corrected chi connectivity index (χ2v) is 14.3. The van der Waals surface area contributed by atoms with Gasteiger partial charge in [-0.15, -0.1) is 0 Å². The third-order valence-electron chi connectivity index (χ3n) is 11.2. The van der Waals surface area contributed by atoms with Gasteiger partial charge in [-0.3, -0.25) is 0 Å². The van der Waals surface area contributed by atoms with Crippen LogP contribution in [0.15, 0.2) is 0 Å². The molecule has 1 N–H and O–H groups in total. The number of hydrogen-bond acceptors (Lipinski definition) is 1. The molecule has 0 bridgehead atoms. The highest BCUT2D eigenvalue weighted by Crippen LogP contribution is 2.54. The van der Waals surface area contributed by atoms with Gasteiger partial charge in [0.25, 0.3) is 0 Å². The topological polar surface area (TPSA) is 20.2 Å². The lowest BCUT2D eigenvalue weighted by molar-refractivity contribution is -0.00866. The number of aliphatic hydroxyl groups is 1. The highest BCUT2D eigenvalue weighted by Gasteiger charge is 2.44. The maximum absolute atomic E-state index is 9.07. The molecule has 39 heavy (non-hydrogen) atoms. The van der Waals surface area contributed by atoms with Crippen LogP contribution < -0.4 is 0 Å². The zero-order chi connectivity index (χ0) is 28.0. The summed E-state index contributed by atoms with van der Waals surface area (Å²) in [6, 6.07) is 0. The van der Waals surface area contributed by atoms with Crippen molar-refractivity contribution >= 4 is 0 Å². The molecule has 0 amide bonds. The van der Waals surface area contributed by atoms with Crippen LogP contribution in [0.5, 0.6) is 0 Å². The monoisotopic (exact) mass is 547 g/mol. The minimum Gasteiger partial charge on any atom is -0.396 e. The van der Waals surface area contributed by atoms with Crippen LogP contribution in [-0.4, -0.2) is 11.7 Å².